The van der Waals surface area contributed by atoms with Crippen LogP contribution in [0.3, 0.4) is 0 Å². The van der Waals surface area contributed by atoms with Gasteiger partial charge in [0.15, 0.2) is 0 Å². The summed E-state index contributed by atoms with van der Waals surface area (Å²) in [5.74, 6) is 0.423. The van der Waals surface area contributed by atoms with E-state index in [0.717, 1.165) is 56.9 Å². The molecule has 0 amide bonds. The predicted octanol–water partition coefficient (Wildman–Crippen LogP) is 7.75. The van der Waals surface area contributed by atoms with Crippen LogP contribution in [0.1, 0.15) is 76.3 Å². The topological polar surface area (TPSA) is 173 Å². The zero-order chi connectivity index (χ0) is 35.2. The molecule has 0 aliphatic rings. The Bertz CT molecular complexity index is 1710. The molecule has 260 valence electrons. The van der Waals surface area contributed by atoms with Crippen molar-refractivity contribution in [2.45, 2.75) is 87.8 Å². The Hall–Kier alpha value is -2.84. The van der Waals surface area contributed by atoms with Gasteiger partial charge in [0.1, 0.15) is 43.8 Å². The van der Waals surface area contributed by atoms with E-state index in [1.807, 2.05) is 0 Å². The first kappa shape index (κ1) is 42.3. The molecule has 0 spiro atoms. The summed E-state index contributed by atoms with van der Waals surface area (Å²) in [5, 5.41) is 22.2. The molecule has 0 radical (unpaired) electrons. The molecule has 0 aliphatic carbocycles. The van der Waals surface area contributed by atoms with Crippen LogP contribution in [0.4, 0.5) is 0 Å². The maximum atomic E-state index is 12.1. The van der Waals surface area contributed by atoms with Crippen LogP contribution in [0.2, 0.25) is 0 Å². The van der Waals surface area contributed by atoms with Crippen LogP contribution in [-0.2, 0) is 33.1 Å². The third-order valence-corrected chi connectivity index (χ3v) is 9.16. The molecule has 2 N–H and O–H groups in total. The second-order valence-corrected chi connectivity index (χ2v) is 13.9. The zero-order valence-electron chi connectivity index (χ0n) is 27.8. The van der Waals surface area contributed by atoms with Crippen LogP contribution in [0.15, 0.2) is 94.7 Å². The molecular formula is C36H42CaO10S2. The van der Waals surface area contributed by atoms with E-state index < -0.39 is 25.1 Å². The number of hydrogen-bond acceptors (Lipinski definition) is 9. The van der Waals surface area contributed by atoms with E-state index in [2.05, 4.69) is 13.8 Å². The van der Waals surface area contributed by atoms with Crippen molar-refractivity contribution in [3.8, 4) is 34.5 Å². The van der Waals surface area contributed by atoms with E-state index in [4.69, 9.17) is 9.47 Å². The van der Waals surface area contributed by atoms with Crippen molar-refractivity contribution in [3.05, 3.63) is 96.1 Å². The normalized spacial score (nSPS) is 11.2. The molecule has 4 aromatic carbocycles. The first-order valence-corrected chi connectivity index (χ1v) is 18.8. The minimum Gasteiger partial charge on any atom is -0.872 e. The van der Waals surface area contributed by atoms with Gasteiger partial charge in [0.05, 0.1) is 4.90 Å². The van der Waals surface area contributed by atoms with Crippen LogP contribution in [0.25, 0.3) is 0 Å². The second-order valence-electron chi connectivity index (χ2n) is 11.2. The molecule has 0 saturated carbocycles. The number of hydrogen-bond donors (Lipinski definition) is 2. The molecule has 0 aromatic heterocycles. The van der Waals surface area contributed by atoms with Crippen molar-refractivity contribution < 1.29 is 45.6 Å². The largest absolute Gasteiger partial charge is 2.00 e. The first-order valence-electron chi connectivity index (χ1n) is 15.9. The average molecular weight is 739 g/mol. The van der Waals surface area contributed by atoms with Gasteiger partial charge in [-0.25, -0.2) is 8.42 Å². The summed E-state index contributed by atoms with van der Waals surface area (Å²) in [6.07, 6.45) is 10.3. The van der Waals surface area contributed by atoms with Gasteiger partial charge in [-0.3, -0.25) is 4.55 Å². The number of benzene rings is 4. The maximum Gasteiger partial charge on any atom is 2.00 e. The SMILES string of the molecule is CCCCCCc1ccc(Oc2ccccc2S(=O)(=O)O)cc1O.CCCCCCc1ccc(Oc2ccccc2S(=O)(=O)[O-])cc1[O-].[Ca+2]. The summed E-state index contributed by atoms with van der Waals surface area (Å²) in [6, 6.07) is 20.9. The van der Waals surface area contributed by atoms with Crippen LogP contribution in [0.5, 0.6) is 34.5 Å². The number of phenolic OH excluding ortho intramolecular Hbond substituents is 1. The van der Waals surface area contributed by atoms with Gasteiger partial charge in [-0.1, -0.05) is 94.3 Å². The van der Waals surface area contributed by atoms with E-state index >= 15 is 0 Å². The van der Waals surface area contributed by atoms with Crippen LogP contribution in [-0.4, -0.2) is 68.8 Å². The molecular weight excluding hydrogens is 697 g/mol. The average Bonchev–Trinajstić information content (AvgIpc) is 3.03. The van der Waals surface area contributed by atoms with Gasteiger partial charge in [0, 0.05) is 6.07 Å². The summed E-state index contributed by atoms with van der Waals surface area (Å²) >= 11 is 0. The third-order valence-electron chi connectivity index (χ3n) is 7.40. The Morgan fingerprint density at radius 3 is 1.59 bits per heavy atom. The van der Waals surface area contributed by atoms with Gasteiger partial charge in [-0.2, -0.15) is 8.42 Å². The Kier molecular flexibility index (Phi) is 17.9. The number of ether oxygens (including phenoxy) is 2. The van der Waals surface area contributed by atoms with Crippen molar-refractivity contribution in [2.75, 3.05) is 0 Å². The van der Waals surface area contributed by atoms with Crippen LogP contribution >= 0.6 is 0 Å². The van der Waals surface area contributed by atoms with Crippen molar-refractivity contribution >= 4 is 58.0 Å². The monoisotopic (exact) mass is 738 g/mol. The van der Waals surface area contributed by atoms with E-state index in [1.165, 1.54) is 55.0 Å². The number of phenols is 1. The molecule has 0 atom stereocenters. The van der Waals surface area contributed by atoms with Crippen molar-refractivity contribution in [3.63, 3.8) is 0 Å². The van der Waals surface area contributed by atoms with Gasteiger partial charge in [0.2, 0.25) is 0 Å². The number of aryl methyl sites for hydroxylation is 2. The molecule has 0 bridgehead atoms. The zero-order valence-corrected chi connectivity index (χ0v) is 31.7. The van der Waals surface area contributed by atoms with Gasteiger partial charge in [0.25, 0.3) is 10.1 Å². The fourth-order valence-electron chi connectivity index (χ4n) is 4.85. The molecule has 0 aliphatic heterocycles. The molecule has 0 heterocycles. The van der Waals surface area contributed by atoms with Crippen LogP contribution < -0.4 is 14.6 Å². The van der Waals surface area contributed by atoms with E-state index in [1.54, 1.807) is 36.4 Å². The van der Waals surface area contributed by atoms with E-state index in [0.29, 0.717) is 17.7 Å². The predicted molar refractivity (Wildman–Crippen MR) is 186 cm³/mol. The Morgan fingerprint density at radius 1 is 0.633 bits per heavy atom. The summed E-state index contributed by atoms with van der Waals surface area (Å²) < 4.78 is 76.6. The number of aromatic hydroxyl groups is 1. The van der Waals surface area contributed by atoms with Crippen molar-refractivity contribution in [1.29, 1.82) is 0 Å². The van der Waals surface area contributed by atoms with Gasteiger partial charge in [-0.15, -0.1) is 5.75 Å². The first-order chi connectivity index (χ1) is 22.8. The fraction of sp³-hybridized carbons (Fsp3) is 0.333. The smallest absolute Gasteiger partial charge is 0.872 e. The standard InChI is InChI=1S/2C18H22O5S.Ca/c2*1-2-3-4-5-8-14-11-12-15(13-16(14)19)23-17-9-6-7-10-18(17)24(20,21)22;/h2*6-7,9-13,19H,2-5,8H2,1H3,(H,20,21,22);/q;;+2/p-2. The van der Waals surface area contributed by atoms with Gasteiger partial charge < -0.3 is 24.2 Å². The fourth-order valence-corrected chi connectivity index (χ4v) is 6.07. The number of para-hydroxylation sites is 2. The van der Waals surface area contributed by atoms with Gasteiger partial charge in [-0.05, 0) is 73.7 Å². The molecule has 0 saturated heterocycles. The third kappa shape index (κ3) is 14.1. The summed E-state index contributed by atoms with van der Waals surface area (Å²) in [7, 11) is -9.02. The number of unbranched alkanes of at least 4 members (excludes halogenated alkanes) is 6. The van der Waals surface area contributed by atoms with E-state index in [-0.39, 0.29) is 71.4 Å². The summed E-state index contributed by atoms with van der Waals surface area (Å²) in [5.41, 5.74) is 1.55. The quantitative estimate of drug-likeness (QED) is 0.0657. The second kappa shape index (κ2) is 20.7. The molecule has 49 heavy (non-hydrogen) atoms. The molecule has 0 unspecified atom stereocenters. The van der Waals surface area contributed by atoms with Crippen molar-refractivity contribution in [1.82, 2.24) is 0 Å². The Morgan fingerprint density at radius 2 is 1.10 bits per heavy atom. The van der Waals surface area contributed by atoms with E-state index in [9.17, 15) is 36.2 Å². The minimum atomic E-state index is -4.64. The Balaban J connectivity index is 0.000000333. The molecule has 4 aromatic rings. The molecule has 4 rings (SSSR count). The summed E-state index contributed by atoms with van der Waals surface area (Å²) in [6.45, 7) is 4.28. The number of rotatable bonds is 16. The maximum absolute atomic E-state index is 12.1. The van der Waals surface area contributed by atoms with Gasteiger partial charge >= 0.3 is 37.7 Å². The van der Waals surface area contributed by atoms with Crippen LogP contribution in [0, 0.1) is 0 Å². The molecule has 13 heteroatoms. The molecule has 10 nitrogen and oxygen atoms in total. The minimum absolute atomic E-state index is 0. The molecule has 0 fully saturated rings. The Labute approximate surface area is 319 Å². The summed E-state index contributed by atoms with van der Waals surface area (Å²) in [4.78, 5) is -0.755. The van der Waals surface area contributed by atoms with Crippen molar-refractivity contribution in [2.24, 2.45) is 0 Å².